The second kappa shape index (κ2) is 3.47. The van der Waals surface area contributed by atoms with Crippen molar-refractivity contribution in [3.63, 3.8) is 0 Å². The molecule has 1 aliphatic rings. The Morgan fingerprint density at radius 1 is 1.69 bits per heavy atom. The Morgan fingerprint density at radius 3 is 3.15 bits per heavy atom. The molecule has 1 fully saturated rings. The van der Waals surface area contributed by atoms with E-state index in [0.717, 1.165) is 24.5 Å². The molecule has 0 spiro atoms. The molecule has 1 aromatic heterocycles. The Bertz CT molecular complexity index is 285. The average molecular weight is 182 g/mol. The fourth-order valence-electron chi connectivity index (χ4n) is 1.69. The highest BCUT2D eigenvalue weighted by Crippen LogP contribution is 2.35. The molecule has 0 bridgehead atoms. The second-order valence-corrected chi connectivity index (χ2v) is 3.42. The van der Waals surface area contributed by atoms with Gasteiger partial charge in [-0.15, -0.1) is 0 Å². The molecule has 1 aliphatic heterocycles. The van der Waals surface area contributed by atoms with Gasteiger partial charge in [0.2, 0.25) is 0 Å². The predicted molar refractivity (Wildman–Crippen MR) is 46.9 cm³/mol. The summed E-state index contributed by atoms with van der Waals surface area (Å²) in [6, 6.07) is 0. The zero-order valence-corrected chi connectivity index (χ0v) is 7.69. The van der Waals surface area contributed by atoms with Crippen molar-refractivity contribution in [1.29, 1.82) is 0 Å². The van der Waals surface area contributed by atoms with E-state index in [2.05, 4.69) is 11.9 Å². The van der Waals surface area contributed by atoms with Gasteiger partial charge < -0.3 is 14.9 Å². The lowest BCUT2D eigenvalue weighted by atomic mass is 10.0. The summed E-state index contributed by atoms with van der Waals surface area (Å²) < 4.78 is 10.9. The van der Waals surface area contributed by atoms with E-state index in [4.69, 9.17) is 14.9 Å². The number of hydrogen-bond donors (Lipinski definition) is 1. The van der Waals surface area contributed by atoms with Gasteiger partial charge in [-0.2, -0.15) is 0 Å². The Kier molecular flexibility index (Phi) is 2.33. The van der Waals surface area contributed by atoms with Gasteiger partial charge >= 0.3 is 0 Å². The Morgan fingerprint density at radius 2 is 2.54 bits per heavy atom. The van der Waals surface area contributed by atoms with Gasteiger partial charge in [-0.1, -0.05) is 6.92 Å². The van der Waals surface area contributed by atoms with E-state index in [1.54, 1.807) is 0 Å². The summed E-state index contributed by atoms with van der Waals surface area (Å²) in [5.74, 6) is 1.31. The zero-order chi connectivity index (χ0) is 9.26. The first kappa shape index (κ1) is 8.72. The third-order valence-corrected chi connectivity index (χ3v) is 2.51. The van der Waals surface area contributed by atoms with Gasteiger partial charge in [-0.25, -0.2) is 4.98 Å². The number of oxazole rings is 1. The molecule has 1 aromatic rings. The highest BCUT2D eigenvalue weighted by Gasteiger charge is 2.30. The van der Waals surface area contributed by atoms with Gasteiger partial charge in [0.15, 0.2) is 12.2 Å². The molecule has 2 N–H and O–H groups in total. The van der Waals surface area contributed by atoms with Crippen molar-refractivity contribution in [1.82, 2.24) is 4.98 Å². The summed E-state index contributed by atoms with van der Waals surface area (Å²) in [6.07, 6.45) is 2.57. The van der Waals surface area contributed by atoms with E-state index in [9.17, 15) is 0 Å². The largest absolute Gasteiger partial charge is 0.445 e. The second-order valence-electron chi connectivity index (χ2n) is 3.42. The summed E-state index contributed by atoms with van der Waals surface area (Å²) in [6.45, 7) is 3.37. The predicted octanol–water partition coefficient (Wildman–Crippen LogP) is 1.23. The van der Waals surface area contributed by atoms with Crippen LogP contribution in [0.3, 0.4) is 0 Å². The molecular formula is C9H14N2O2. The molecule has 72 valence electrons. The standard InChI is InChI=1S/C9H14N2O2/c1-6-2-3-12-8(6)9-7(4-10)11-5-13-9/h5-6,8H,2-4,10H2,1H3. The van der Waals surface area contributed by atoms with Crippen LogP contribution in [0.15, 0.2) is 10.8 Å². The zero-order valence-electron chi connectivity index (χ0n) is 7.69. The topological polar surface area (TPSA) is 61.3 Å². The van der Waals surface area contributed by atoms with Crippen molar-refractivity contribution < 1.29 is 9.15 Å². The number of hydrogen-bond acceptors (Lipinski definition) is 4. The number of nitrogens with zero attached hydrogens (tertiary/aromatic N) is 1. The van der Waals surface area contributed by atoms with Crippen LogP contribution >= 0.6 is 0 Å². The van der Waals surface area contributed by atoms with Gasteiger partial charge in [0.25, 0.3) is 0 Å². The third-order valence-electron chi connectivity index (χ3n) is 2.51. The fraction of sp³-hybridized carbons (Fsp3) is 0.667. The molecular weight excluding hydrogens is 168 g/mol. The molecule has 0 saturated carbocycles. The Hall–Kier alpha value is -0.870. The third kappa shape index (κ3) is 1.47. The number of ether oxygens (including phenoxy) is 1. The molecule has 4 nitrogen and oxygen atoms in total. The molecule has 13 heavy (non-hydrogen) atoms. The molecule has 1 saturated heterocycles. The lowest BCUT2D eigenvalue weighted by Crippen LogP contribution is -2.08. The molecule has 0 radical (unpaired) electrons. The summed E-state index contributed by atoms with van der Waals surface area (Å²) >= 11 is 0. The van der Waals surface area contributed by atoms with Crippen molar-refractivity contribution in [2.75, 3.05) is 6.61 Å². The smallest absolute Gasteiger partial charge is 0.181 e. The lowest BCUT2D eigenvalue weighted by Gasteiger charge is -2.11. The molecule has 2 heterocycles. The van der Waals surface area contributed by atoms with Gasteiger partial charge in [-0.3, -0.25) is 0 Å². The van der Waals surface area contributed by atoms with Gasteiger partial charge in [0.05, 0.1) is 5.69 Å². The Labute approximate surface area is 77.1 Å². The number of nitrogens with two attached hydrogens (primary N) is 1. The molecule has 2 rings (SSSR count). The van der Waals surface area contributed by atoms with Crippen LogP contribution in [-0.4, -0.2) is 11.6 Å². The highest BCUT2D eigenvalue weighted by molar-refractivity contribution is 5.11. The maximum atomic E-state index is 5.56. The van der Waals surface area contributed by atoms with Crippen LogP contribution < -0.4 is 5.73 Å². The van der Waals surface area contributed by atoms with E-state index in [-0.39, 0.29) is 6.10 Å². The monoisotopic (exact) mass is 182 g/mol. The van der Waals surface area contributed by atoms with Crippen LogP contribution in [0.4, 0.5) is 0 Å². The highest BCUT2D eigenvalue weighted by atomic mass is 16.5. The summed E-state index contributed by atoms with van der Waals surface area (Å²) in [5.41, 5.74) is 6.35. The minimum Gasteiger partial charge on any atom is -0.445 e. The van der Waals surface area contributed by atoms with E-state index in [1.165, 1.54) is 6.39 Å². The van der Waals surface area contributed by atoms with Crippen LogP contribution in [0, 0.1) is 5.92 Å². The van der Waals surface area contributed by atoms with E-state index < -0.39 is 0 Å². The summed E-state index contributed by atoms with van der Waals surface area (Å²) in [5, 5.41) is 0. The number of aromatic nitrogens is 1. The van der Waals surface area contributed by atoms with Crippen molar-refractivity contribution in [3.8, 4) is 0 Å². The van der Waals surface area contributed by atoms with Crippen LogP contribution in [-0.2, 0) is 11.3 Å². The number of rotatable bonds is 2. The van der Waals surface area contributed by atoms with Crippen molar-refractivity contribution in [3.05, 3.63) is 17.8 Å². The first-order chi connectivity index (χ1) is 6.33. The normalized spacial score (nSPS) is 28.2. The quantitative estimate of drug-likeness (QED) is 0.747. The molecule has 2 unspecified atom stereocenters. The Balaban J connectivity index is 2.23. The molecule has 0 aliphatic carbocycles. The SMILES string of the molecule is CC1CCOC1c1ocnc1CN. The first-order valence-electron chi connectivity index (χ1n) is 4.57. The van der Waals surface area contributed by atoms with Crippen LogP contribution in [0.5, 0.6) is 0 Å². The van der Waals surface area contributed by atoms with Crippen molar-refractivity contribution in [2.24, 2.45) is 11.7 Å². The van der Waals surface area contributed by atoms with E-state index >= 15 is 0 Å². The average Bonchev–Trinajstić information content (AvgIpc) is 2.71. The fourth-order valence-corrected chi connectivity index (χ4v) is 1.69. The van der Waals surface area contributed by atoms with Gasteiger partial charge in [-0.05, 0) is 12.3 Å². The van der Waals surface area contributed by atoms with Gasteiger partial charge in [0, 0.05) is 13.2 Å². The van der Waals surface area contributed by atoms with Gasteiger partial charge in [0.1, 0.15) is 6.10 Å². The van der Waals surface area contributed by atoms with E-state index in [0.29, 0.717) is 12.5 Å². The minimum atomic E-state index is 0.0565. The van der Waals surface area contributed by atoms with Crippen LogP contribution in [0.1, 0.15) is 30.9 Å². The maximum Gasteiger partial charge on any atom is 0.181 e. The van der Waals surface area contributed by atoms with Crippen molar-refractivity contribution >= 4 is 0 Å². The minimum absolute atomic E-state index is 0.0565. The molecule has 4 heteroatoms. The summed E-state index contributed by atoms with van der Waals surface area (Å²) in [4.78, 5) is 4.04. The lowest BCUT2D eigenvalue weighted by molar-refractivity contribution is 0.0751. The van der Waals surface area contributed by atoms with Crippen molar-refractivity contribution in [2.45, 2.75) is 26.0 Å². The first-order valence-corrected chi connectivity index (χ1v) is 4.57. The molecule has 0 amide bonds. The van der Waals surface area contributed by atoms with Crippen LogP contribution in [0.25, 0.3) is 0 Å². The summed E-state index contributed by atoms with van der Waals surface area (Å²) in [7, 11) is 0. The molecule has 2 atom stereocenters. The van der Waals surface area contributed by atoms with Crippen LogP contribution in [0.2, 0.25) is 0 Å². The van der Waals surface area contributed by atoms with E-state index in [1.807, 2.05) is 0 Å². The maximum absolute atomic E-state index is 5.56. The molecule has 0 aromatic carbocycles.